The van der Waals surface area contributed by atoms with Crippen molar-refractivity contribution in [1.82, 2.24) is 0 Å². The molecule has 108 valence electrons. The van der Waals surface area contributed by atoms with E-state index in [0.717, 1.165) is 0 Å². The first-order valence-electron chi connectivity index (χ1n) is 6.74. The predicted octanol–water partition coefficient (Wildman–Crippen LogP) is 3.78. The van der Waals surface area contributed by atoms with Crippen LogP contribution in [0.15, 0.2) is 35.3 Å². The number of carbonyl (C=O) groups is 2. The molecule has 1 rings (SSSR count). The summed E-state index contributed by atoms with van der Waals surface area (Å²) in [5.74, 6) is -0.149. The van der Waals surface area contributed by atoms with Crippen LogP contribution in [0.5, 0.6) is 0 Å². The van der Waals surface area contributed by atoms with Crippen LogP contribution < -0.4 is 0 Å². The molecule has 1 aromatic rings. The van der Waals surface area contributed by atoms with Gasteiger partial charge in [-0.2, -0.15) is 4.99 Å². The molecule has 0 N–H and O–H groups in total. The van der Waals surface area contributed by atoms with Gasteiger partial charge < -0.3 is 4.74 Å². The average Bonchev–Trinajstić information content (AvgIpc) is 2.35. The average molecular weight is 275 g/mol. The van der Waals surface area contributed by atoms with Crippen LogP contribution in [-0.2, 0) is 9.53 Å². The van der Waals surface area contributed by atoms with Crippen molar-refractivity contribution in [1.29, 1.82) is 0 Å². The molecule has 0 aliphatic rings. The lowest BCUT2D eigenvalue weighted by Crippen LogP contribution is -2.24. The van der Waals surface area contributed by atoms with Gasteiger partial charge in [0, 0.05) is 12.0 Å². The summed E-state index contributed by atoms with van der Waals surface area (Å²) >= 11 is 0. The summed E-state index contributed by atoms with van der Waals surface area (Å²) in [5, 5.41) is 0. The third-order valence-corrected chi connectivity index (χ3v) is 2.38. The lowest BCUT2D eigenvalue weighted by molar-refractivity contribution is -0.112. The standard InChI is InChI=1S/C16H21NO3/c1-5-9-13(18)14(12-10-7-6-8-11-12)17-15(19)20-16(2,3)4/h6-8,10-11H,5,9H2,1-4H3. The molecule has 1 aromatic carbocycles. The van der Waals surface area contributed by atoms with Gasteiger partial charge in [-0.15, -0.1) is 0 Å². The number of hydrogen-bond acceptors (Lipinski definition) is 3. The van der Waals surface area contributed by atoms with Gasteiger partial charge in [0.2, 0.25) is 0 Å². The quantitative estimate of drug-likeness (QED) is 0.786. The number of amides is 1. The van der Waals surface area contributed by atoms with Gasteiger partial charge in [-0.3, -0.25) is 4.79 Å². The van der Waals surface area contributed by atoms with Crippen LogP contribution in [0.4, 0.5) is 4.79 Å². The molecule has 0 bridgehead atoms. The Bertz CT molecular complexity index is 498. The Labute approximate surface area is 119 Å². The molecule has 0 atom stereocenters. The van der Waals surface area contributed by atoms with Gasteiger partial charge in [-0.1, -0.05) is 37.3 Å². The zero-order valence-electron chi connectivity index (χ0n) is 12.5. The molecule has 0 aliphatic heterocycles. The fourth-order valence-electron chi connectivity index (χ4n) is 1.61. The number of nitrogens with zero attached hydrogens (tertiary/aromatic N) is 1. The minimum Gasteiger partial charge on any atom is -0.442 e. The summed E-state index contributed by atoms with van der Waals surface area (Å²) < 4.78 is 5.14. The largest absolute Gasteiger partial charge is 0.442 e. The van der Waals surface area contributed by atoms with Crippen LogP contribution in [0.1, 0.15) is 46.1 Å². The van der Waals surface area contributed by atoms with Crippen molar-refractivity contribution in [3.05, 3.63) is 35.9 Å². The van der Waals surface area contributed by atoms with Gasteiger partial charge in [-0.05, 0) is 27.2 Å². The second-order valence-electron chi connectivity index (χ2n) is 5.48. The van der Waals surface area contributed by atoms with E-state index >= 15 is 0 Å². The van der Waals surface area contributed by atoms with Crippen LogP contribution in [0, 0.1) is 0 Å². The Morgan fingerprint density at radius 1 is 1.15 bits per heavy atom. The third kappa shape index (κ3) is 5.34. The van der Waals surface area contributed by atoms with Gasteiger partial charge in [0.1, 0.15) is 11.3 Å². The second kappa shape index (κ2) is 6.98. The zero-order valence-corrected chi connectivity index (χ0v) is 12.5. The summed E-state index contributed by atoms with van der Waals surface area (Å²) in [6.45, 7) is 7.19. The van der Waals surface area contributed by atoms with Crippen molar-refractivity contribution < 1.29 is 14.3 Å². The van der Waals surface area contributed by atoms with Gasteiger partial charge in [0.05, 0.1) is 0 Å². The van der Waals surface area contributed by atoms with Crippen LogP contribution >= 0.6 is 0 Å². The minimum absolute atomic E-state index is 0.149. The van der Waals surface area contributed by atoms with Crippen molar-refractivity contribution in [2.45, 2.75) is 46.1 Å². The first-order chi connectivity index (χ1) is 9.33. The van der Waals surface area contributed by atoms with E-state index in [0.29, 0.717) is 18.4 Å². The monoisotopic (exact) mass is 275 g/mol. The molecule has 0 radical (unpaired) electrons. The molecule has 0 aliphatic carbocycles. The van der Waals surface area contributed by atoms with E-state index in [1.165, 1.54) is 0 Å². The van der Waals surface area contributed by atoms with Gasteiger partial charge in [0.25, 0.3) is 0 Å². The smallest absolute Gasteiger partial charge is 0.434 e. The number of benzene rings is 1. The molecule has 0 fully saturated rings. The first-order valence-corrected chi connectivity index (χ1v) is 6.74. The van der Waals surface area contributed by atoms with E-state index in [4.69, 9.17) is 4.74 Å². The summed E-state index contributed by atoms with van der Waals surface area (Å²) in [7, 11) is 0. The van der Waals surface area contributed by atoms with E-state index in [1.54, 1.807) is 45.0 Å². The van der Waals surface area contributed by atoms with Crippen LogP contribution in [-0.4, -0.2) is 23.2 Å². The maximum atomic E-state index is 12.1. The zero-order chi connectivity index (χ0) is 15.2. The third-order valence-electron chi connectivity index (χ3n) is 2.38. The van der Waals surface area contributed by atoms with Crippen molar-refractivity contribution in [2.24, 2.45) is 4.99 Å². The fraction of sp³-hybridized carbons (Fsp3) is 0.438. The van der Waals surface area contributed by atoms with Gasteiger partial charge in [0.15, 0.2) is 5.78 Å². The number of carbonyl (C=O) groups excluding carboxylic acids is 2. The number of rotatable bonds is 4. The molecule has 4 nitrogen and oxygen atoms in total. The Hall–Kier alpha value is -1.97. The second-order valence-corrected chi connectivity index (χ2v) is 5.48. The Kier molecular flexibility index (Phi) is 5.62. The number of ether oxygens (including phenoxy) is 1. The van der Waals surface area contributed by atoms with Crippen molar-refractivity contribution in [3.63, 3.8) is 0 Å². The van der Waals surface area contributed by atoms with Crippen molar-refractivity contribution >= 4 is 17.6 Å². The molecule has 0 aromatic heterocycles. The number of aliphatic imine (C=N–C) groups is 1. The maximum Gasteiger partial charge on any atom is 0.434 e. The molecule has 4 heteroatoms. The molecule has 0 saturated heterocycles. The summed E-state index contributed by atoms with van der Waals surface area (Å²) in [6, 6.07) is 8.98. The summed E-state index contributed by atoms with van der Waals surface area (Å²) in [5.41, 5.74) is 0.175. The molecule has 1 amide bonds. The Balaban J connectivity index is 3.05. The Morgan fingerprint density at radius 3 is 2.25 bits per heavy atom. The van der Waals surface area contributed by atoms with Crippen molar-refractivity contribution in [3.8, 4) is 0 Å². The normalized spacial score (nSPS) is 12.1. The topological polar surface area (TPSA) is 55.7 Å². The lowest BCUT2D eigenvalue weighted by atomic mass is 10.0. The molecular formula is C16H21NO3. The SMILES string of the molecule is CCCC(=O)C(=NC(=O)OC(C)(C)C)c1ccccc1. The van der Waals surface area contributed by atoms with E-state index in [1.807, 2.05) is 13.0 Å². The highest BCUT2D eigenvalue weighted by Crippen LogP contribution is 2.11. The fourth-order valence-corrected chi connectivity index (χ4v) is 1.61. The van der Waals surface area contributed by atoms with Gasteiger partial charge >= 0.3 is 6.09 Å². The van der Waals surface area contributed by atoms with Crippen molar-refractivity contribution in [2.75, 3.05) is 0 Å². The highest BCUT2D eigenvalue weighted by molar-refractivity contribution is 6.47. The molecular weight excluding hydrogens is 254 g/mol. The van der Waals surface area contributed by atoms with E-state index in [9.17, 15) is 9.59 Å². The number of hydrogen-bond donors (Lipinski definition) is 0. The molecule has 0 unspecified atom stereocenters. The molecule has 0 heterocycles. The van der Waals surface area contributed by atoms with E-state index in [-0.39, 0.29) is 11.5 Å². The first kappa shape index (κ1) is 16.1. The van der Waals surface area contributed by atoms with Crippen LogP contribution in [0.3, 0.4) is 0 Å². The van der Waals surface area contributed by atoms with Gasteiger partial charge in [-0.25, -0.2) is 4.79 Å². The van der Waals surface area contributed by atoms with Crippen LogP contribution in [0.25, 0.3) is 0 Å². The minimum atomic E-state index is -0.735. The highest BCUT2D eigenvalue weighted by atomic mass is 16.6. The van der Waals surface area contributed by atoms with E-state index < -0.39 is 11.7 Å². The Morgan fingerprint density at radius 2 is 1.75 bits per heavy atom. The maximum absolute atomic E-state index is 12.1. The molecule has 20 heavy (non-hydrogen) atoms. The highest BCUT2D eigenvalue weighted by Gasteiger charge is 2.19. The molecule has 0 saturated carbocycles. The summed E-state index contributed by atoms with van der Waals surface area (Å²) in [4.78, 5) is 27.8. The number of ketones is 1. The lowest BCUT2D eigenvalue weighted by Gasteiger charge is -2.17. The van der Waals surface area contributed by atoms with Crippen LogP contribution in [0.2, 0.25) is 0 Å². The summed E-state index contributed by atoms with van der Waals surface area (Å²) in [6.07, 6.45) is 0.330. The predicted molar refractivity (Wildman–Crippen MR) is 79.1 cm³/mol. The molecule has 0 spiro atoms. The number of Topliss-reactive ketones (excluding diaryl/α,β-unsaturated/α-hetero) is 1. The van der Waals surface area contributed by atoms with E-state index in [2.05, 4.69) is 4.99 Å².